The van der Waals surface area contributed by atoms with E-state index in [1.54, 1.807) is 0 Å². The summed E-state index contributed by atoms with van der Waals surface area (Å²) in [6.45, 7) is 11.0. The highest BCUT2D eigenvalue weighted by Crippen LogP contribution is 2.22. The first kappa shape index (κ1) is 44.5. The third-order valence-corrected chi connectivity index (χ3v) is 10.3. The topological polar surface area (TPSA) is 0 Å². The minimum absolute atomic E-state index is 0.777. The van der Waals surface area contributed by atoms with Gasteiger partial charge in [0.1, 0.15) is 0 Å². The molecule has 0 N–H and O–H groups in total. The Morgan fingerprint density at radius 3 is 1.00 bits per heavy atom. The van der Waals surface area contributed by atoms with Crippen molar-refractivity contribution in [1.29, 1.82) is 0 Å². The molecule has 0 spiro atoms. The van der Waals surface area contributed by atoms with Crippen LogP contribution in [0.5, 0.6) is 0 Å². The van der Waals surface area contributed by atoms with E-state index in [9.17, 15) is 0 Å². The zero-order valence-corrected chi connectivity index (χ0v) is 32.1. The first-order chi connectivity index (χ1) is 22.2. The molecule has 0 amide bonds. The summed E-state index contributed by atoms with van der Waals surface area (Å²) in [4.78, 5) is 0. The van der Waals surface area contributed by atoms with E-state index in [0.717, 1.165) is 5.92 Å². The van der Waals surface area contributed by atoms with E-state index in [2.05, 4.69) is 39.5 Å². The Hall–Kier alpha value is -0.520. The molecular weight excluding hydrogens is 540 g/mol. The molecule has 0 radical (unpaired) electrons. The molecule has 0 heterocycles. The van der Waals surface area contributed by atoms with Crippen molar-refractivity contribution in [2.45, 2.75) is 258 Å². The van der Waals surface area contributed by atoms with Crippen LogP contribution in [-0.4, -0.2) is 0 Å². The Morgan fingerprint density at radius 2 is 0.689 bits per heavy atom. The summed E-state index contributed by atoms with van der Waals surface area (Å²) in [7, 11) is 0. The summed E-state index contributed by atoms with van der Waals surface area (Å²) < 4.78 is 0. The molecule has 0 rings (SSSR count). The van der Waals surface area contributed by atoms with E-state index in [4.69, 9.17) is 0 Å². The highest BCUT2D eigenvalue weighted by atomic mass is 14.1. The van der Waals surface area contributed by atoms with Gasteiger partial charge in [0.15, 0.2) is 0 Å². The van der Waals surface area contributed by atoms with Gasteiger partial charge in [0.25, 0.3) is 0 Å². The lowest BCUT2D eigenvalue weighted by Gasteiger charge is -2.13. The van der Waals surface area contributed by atoms with E-state index >= 15 is 0 Å². The monoisotopic (exact) mass is 629 g/mol. The van der Waals surface area contributed by atoms with Gasteiger partial charge in [0, 0.05) is 0 Å². The Labute approximate surface area is 287 Å². The van der Waals surface area contributed by atoms with Crippen LogP contribution in [0.4, 0.5) is 0 Å². The molecule has 45 heavy (non-hydrogen) atoms. The van der Waals surface area contributed by atoms with Crippen LogP contribution < -0.4 is 0 Å². The largest absolute Gasteiger partial charge is 0.100 e. The highest BCUT2D eigenvalue weighted by Gasteiger charge is 2.05. The summed E-state index contributed by atoms with van der Waals surface area (Å²) >= 11 is 0. The maximum Gasteiger partial charge on any atom is -0.0230 e. The molecule has 1 unspecified atom stereocenters. The highest BCUT2D eigenvalue weighted by molar-refractivity contribution is 4.93. The van der Waals surface area contributed by atoms with E-state index in [1.165, 1.54) is 243 Å². The summed E-state index contributed by atoms with van der Waals surface area (Å²) in [5.41, 5.74) is 1.36. The smallest absolute Gasteiger partial charge is 0.0230 e. The SMILES string of the molecule is C=C(C)CCC(/C=C\CCCCCCCCCCCCCCCCC)CCCCCCCCCCCCCCCCCCCC. The van der Waals surface area contributed by atoms with Gasteiger partial charge in [0.2, 0.25) is 0 Å². The Bertz CT molecular complexity index is 571. The molecule has 0 saturated heterocycles. The van der Waals surface area contributed by atoms with Gasteiger partial charge in [-0.15, -0.1) is 6.58 Å². The molecule has 0 aromatic rings. The molecule has 0 heteroatoms. The summed E-state index contributed by atoms with van der Waals surface area (Å²) in [5.74, 6) is 0.777. The number of rotatable bonds is 39. The third-order valence-electron chi connectivity index (χ3n) is 10.3. The van der Waals surface area contributed by atoms with Crippen molar-refractivity contribution in [2.75, 3.05) is 0 Å². The van der Waals surface area contributed by atoms with Crippen molar-refractivity contribution in [3.05, 3.63) is 24.3 Å². The number of unbranched alkanes of at least 4 members (excludes halogenated alkanes) is 32. The zero-order valence-electron chi connectivity index (χ0n) is 32.1. The van der Waals surface area contributed by atoms with Crippen molar-refractivity contribution in [1.82, 2.24) is 0 Å². The number of hydrogen-bond acceptors (Lipinski definition) is 0. The van der Waals surface area contributed by atoms with Crippen molar-refractivity contribution >= 4 is 0 Å². The van der Waals surface area contributed by atoms with E-state index < -0.39 is 0 Å². The lowest BCUT2D eigenvalue weighted by Crippen LogP contribution is -1.98. The van der Waals surface area contributed by atoms with Crippen LogP contribution in [0.25, 0.3) is 0 Å². The predicted molar refractivity (Wildman–Crippen MR) is 210 cm³/mol. The molecule has 0 aromatic heterocycles. The number of allylic oxidation sites excluding steroid dienone is 3. The summed E-state index contributed by atoms with van der Waals surface area (Å²) in [6.07, 6.45) is 58.4. The molecular formula is C45H88. The molecule has 268 valence electrons. The molecule has 0 bridgehead atoms. The average Bonchev–Trinajstić information content (AvgIpc) is 3.04. The lowest BCUT2D eigenvalue weighted by atomic mass is 9.93. The van der Waals surface area contributed by atoms with Crippen LogP contribution in [0.3, 0.4) is 0 Å². The van der Waals surface area contributed by atoms with Crippen LogP contribution >= 0.6 is 0 Å². The molecule has 0 aliphatic rings. The maximum absolute atomic E-state index is 4.17. The first-order valence-corrected chi connectivity index (χ1v) is 21.5. The predicted octanol–water partition coefficient (Wildman–Crippen LogP) is 17.2. The van der Waals surface area contributed by atoms with Gasteiger partial charge in [-0.3, -0.25) is 0 Å². The van der Waals surface area contributed by atoms with Crippen LogP contribution in [-0.2, 0) is 0 Å². The maximum atomic E-state index is 4.17. The number of hydrogen-bond donors (Lipinski definition) is 0. The van der Waals surface area contributed by atoms with Crippen LogP contribution in [0.15, 0.2) is 24.3 Å². The molecule has 0 nitrogen and oxygen atoms in total. The standard InChI is InChI=1S/C45H88/c1-5-7-9-11-13-15-17-19-21-23-25-27-29-31-33-35-37-39-41-45(43-42-44(3)4)40-38-36-34-32-30-28-26-24-22-20-18-16-14-12-10-8-6-2/h38,40,45H,3,5-37,39,41-43H2,1-2,4H3/b40-38-. The normalized spacial score (nSPS) is 12.4. The second-order valence-electron chi connectivity index (χ2n) is 15.2. The van der Waals surface area contributed by atoms with Gasteiger partial charge < -0.3 is 0 Å². The molecule has 0 fully saturated rings. The van der Waals surface area contributed by atoms with Gasteiger partial charge in [0.05, 0.1) is 0 Å². The van der Waals surface area contributed by atoms with E-state index in [0.29, 0.717) is 0 Å². The van der Waals surface area contributed by atoms with Gasteiger partial charge in [-0.2, -0.15) is 0 Å². The van der Waals surface area contributed by atoms with Crippen molar-refractivity contribution < 1.29 is 0 Å². The minimum atomic E-state index is 0.777. The Morgan fingerprint density at radius 1 is 0.400 bits per heavy atom. The zero-order chi connectivity index (χ0) is 32.7. The molecule has 0 aromatic carbocycles. The fourth-order valence-corrected chi connectivity index (χ4v) is 7.00. The van der Waals surface area contributed by atoms with Crippen molar-refractivity contribution in [2.24, 2.45) is 5.92 Å². The van der Waals surface area contributed by atoms with Gasteiger partial charge >= 0.3 is 0 Å². The fourth-order valence-electron chi connectivity index (χ4n) is 7.00. The Balaban J connectivity index is 3.60. The average molecular weight is 629 g/mol. The minimum Gasteiger partial charge on any atom is -0.100 e. The first-order valence-electron chi connectivity index (χ1n) is 21.5. The van der Waals surface area contributed by atoms with Crippen LogP contribution in [0.2, 0.25) is 0 Å². The van der Waals surface area contributed by atoms with Crippen molar-refractivity contribution in [3.8, 4) is 0 Å². The van der Waals surface area contributed by atoms with Gasteiger partial charge in [-0.05, 0) is 44.9 Å². The molecule has 0 saturated carbocycles. The second-order valence-corrected chi connectivity index (χ2v) is 15.2. The summed E-state index contributed by atoms with van der Waals surface area (Å²) in [5, 5.41) is 0. The van der Waals surface area contributed by atoms with E-state index in [-0.39, 0.29) is 0 Å². The lowest BCUT2D eigenvalue weighted by molar-refractivity contribution is 0.486. The van der Waals surface area contributed by atoms with Crippen LogP contribution in [0.1, 0.15) is 258 Å². The van der Waals surface area contributed by atoms with Gasteiger partial charge in [-0.25, -0.2) is 0 Å². The second kappa shape index (κ2) is 39.7. The van der Waals surface area contributed by atoms with Crippen LogP contribution in [0, 0.1) is 5.92 Å². The summed E-state index contributed by atoms with van der Waals surface area (Å²) in [6, 6.07) is 0. The molecule has 1 atom stereocenters. The molecule has 0 aliphatic heterocycles. The van der Waals surface area contributed by atoms with E-state index in [1.807, 2.05) is 0 Å². The third kappa shape index (κ3) is 39.6. The van der Waals surface area contributed by atoms with Gasteiger partial charge in [-0.1, -0.05) is 237 Å². The molecule has 0 aliphatic carbocycles. The quantitative estimate of drug-likeness (QED) is 0.0469. The van der Waals surface area contributed by atoms with Crippen molar-refractivity contribution in [3.63, 3.8) is 0 Å². The fraction of sp³-hybridized carbons (Fsp3) is 0.911. The Kier molecular flexibility index (Phi) is 39.2.